The summed E-state index contributed by atoms with van der Waals surface area (Å²) in [6, 6.07) is 11.6. The molecule has 0 bridgehead atoms. The van der Waals surface area contributed by atoms with Crippen molar-refractivity contribution >= 4 is 5.91 Å². The Morgan fingerprint density at radius 1 is 1.14 bits per heavy atom. The molecule has 1 unspecified atom stereocenters. The first-order valence-corrected chi connectivity index (χ1v) is 9.46. The molecule has 0 spiro atoms. The Bertz CT molecular complexity index is 1060. The Kier molecular flexibility index (Phi) is 4.48. The Morgan fingerprint density at radius 3 is 2.97 bits per heavy atom. The number of carbonyl (C=O) groups excluding carboxylic acids is 1. The molecular weight excluding hydrogens is 370 g/mol. The lowest BCUT2D eigenvalue weighted by Crippen LogP contribution is -2.35. The average molecular weight is 389 g/mol. The van der Waals surface area contributed by atoms with E-state index in [1.165, 1.54) is 0 Å². The monoisotopic (exact) mass is 389 g/mol. The van der Waals surface area contributed by atoms with Crippen molar-refractivity contribution in [3.8, 4) is 28.5 Å². The first kappa shape index (κ1) is 17.5. The average Bonchev–Trinajstić information content (AvgIpc) is 3.38. The summed E-state index contributed by atoms with van der Waals surface area (Å²) in [6.45, 7) is 0.666. The molecule has 1 N–H and O–H groups in total. The minimum Gasteiger partial charge on any atom is -0.487 e. The molecule has 7 heteroatoms. The van der Waals surface area contributed by atoms with Crippen molar-refractivity contribution in [1.29, 1.82) is 0 Å². The molecule has 7 nitrogen and oxygen atoms in total. The maximum atomic E-state index is 12.4. The number of rotatable bonds is 5. The fourth-order valence-corrected chi connectivity index (χ4v) is 3.62. The van der Waals surface area contributed by atoms with E-state index in [-0.39, 0.29) is 25.2 Å². The van der Waals surface area contributed by atoms with Gasteiger partial charge in [-0.05, 0) is 29.3 Å². The van der Waals surface area contributed by atoms with Gasteiger partial charge >= 0.3 is 0 Å². The van der Waals surface area contributed by atoms with Crippen molar-refractivity contribution in [2.24, 2.45) is 0 Å². The van der Waals surface area contributed by atoms with E-state index in [4.69, 9.17) is 14.2 Å². The summed E-state index contributed by atoms with van der Waals surface area (Å²) in [5.41, 5.74) is 3.69. The third kappa shape index (κ3) is 3.59. The van der Waals surface area contributed by atoms with Crippen LogP contribution in [0.5, 0.6) is 17.2 Å². The second kappa shape index (κ2) is 7.43. The standard InChI is InChI=1S/C22H19N3O4/c26-21(9-14-4-5-19-20(8-14)28-13-27-19)25-11-16-10-15-2-1-3-17(22(15)29-16)18-12-23-6-7-24-18/h1-8,12,16H,9-11,13H2,(H,25,26). The van der Waals surface area contributed by atoms with Crippen molar-refractivity contribution in [1.82, 2.24) is 15.3 Å². The van der Waals surface area contributed by atoms with Crippen LogP contribution < -0.4 is 19.5 Å². The molecule has 2 aliphatic rings. The second-order valence-electron chi connectivity index (χ2n) is 7.00. The minimum absolute atomic E-state index is 0.0578. The highest BCUT2D eigenvalue weighted by molar-refractivity contribution is 5.79. The van der Waals surface area contributed by atoms with Gasteiger partial charge < -0.3 is 19.5 Å². The SMILES string of the molecule is O=C(Cc1ccc2c(c1)OCO2)NCC1Cc2cccc(-c3cnccn3)c2O1. The number of aromatic nitrogens is 2. The van der Waals surface area contributed by atoms with Gasteiger partial charge in [-0.2, -0.15) is 0 Å². The van der Waals surface area contributed by atoms with Crippen molar-refractivity contribution in [2.75, 3.05) is 13.3 Å². The van der Waals surface area contributed by atoms with Crippen LogP contribution in [-0.2, 0) is 17.6 Å². The Labute approximate surface area is 167 Å². The summed E-state index contributed by atoms with van der Waals surface area (Å²) < 4.78 is 16.8. The van der Waals surface area contributed by atoms with Gasteiger partial charge in [0.15, 0.2) is 11.5 Å². The number of para-hydroxylation sites is 1. The van der Waals surface area contributed by atoms with Crippen LogP contribution in [0.25, 0.3) is 11.3 Å². The number of hydrogen-bond donors (Lipinski definition) is 1. The van der Waals surface area contributed by atoms with Crippen molar-refractivity contribution in [2.45, 2.75) is 18.9 Å². The van der Waals surface area contributed by atoms with Gasteiger partial charge in [0.05, 0.1) is 24.9 Å². The zero-order valence-corrected chi connectivity index (χ0v) is 15.6. The van der Waals surface area contributed by atoms with Crippen molar-refractivity contribution in [3.05, 3.63) is 66.1 Å². The topological polar surface area (TPSA) is 82.6 Å². The van der Waals surface area contributed by atoms with Gasteiger partial charge in [-0.3, -0.25) is 14.8 Å². The number of amides is 1. The molecule has 2 aromatic carbocycles. The predicted octanol–water partition coefficient (Wildman–Crippen LogP) is 2.53. The minimum atomic E-state index is -0.108. The zero-order valence-electron chi connectivity index (χ0n) is 15.6. The van der Waals surface area contributed by atoms with Crippen LogP contribution in [0.4, 0.5) is 0 Å². The highest BCUT2D eigenvalue weighted by Crippen LogP contribution is 2.37. The number of nitrogens with one attached hydrogen (secondary N) is 1. The molecule has 0 aliphatic carbocycles. The lowest BCUT2D eigenvalue weighted by molar-refractivity contribution is -0.120. The fourth-order valence-electron chi connectivity index (χ4n) is 3.62. The van der Waals surface area contributed by atoms with E-state index in [0.717, 1.165) is 34.6 Å². The summed E-state index contributed by atoms with van der Waals surface area (Å²) in [6.07, 6.45) is 5.95. The Balaban J connectivity index is 1.20. The van der Waals surface area contributed by atoms with Gasteiger partial charge in [-0.1, -0.05) is 18.2 Å². The van der Waals surface area contributed by atoms with E-state index in [0.29, 0.717) is 18.0 Å². The maximum Gasteiger partial charge on any atom is 0.231 e. The molecule has 0 saturated carbocycles. The number of fused-ring (bicyclic) bond motifs is 2. The van der Waals surface area contributed by atoms with E-state index in [1.807, 2.05) is 36.4 Å². The summed E-state index contributed by atoms with van der Waals surface area (Å²) >= 11 is 0. The van der Waals surface area contributed by atoms with Crippen LogP contribution in [0.15, 0.2) is 55.0 Å². The van der Waals surface area contributed by atoms with Crippen LogP contribution in [0.1, 0.15) is 11.1 Å². The molecule has 1 aromatic heterocycles. The van der Waals surface area contributed by atoms with Gasteiger partial charge in [-0.25, -0.2) is 0 Å². The predicted molar refractivity (Wildman–Crippen MR) is 105 cm³/mol. The van der Waals surface area contributed by atoms with E-state index in [2.05, 4.69) is 15.3 Å². The first-order chi connectivity index (χ1) is 14.3. The molecule has 1 atom stereocenters. The van der Waals surface area contributed by atoms with E-state index in [9.17, 15) is 4.79 Å². The van der Waals surface area contributed by atoms with Gasteiger partial charge in [0, 0.05) is 24.4 Å². The smallest absolute Gasteiger partial charge is 0.231 e. The number of nitrogens with zero attached hydrogens (tertiary/aromatic N) is 2. The molecule has 2 aliphatic heterocycles. The summed E-state index contributed by atoms with van der Waals surface area (Å²) in [5, 5.41) is 2.97. The van der Waals surface area contributed by atoms with Gasteiger partial charge in [-0.15, -0.1) is 0 Å². The molecule has 146 valence electrons. The quantitative estimate of drug-likeness (QED) is 0.722. The highest BCUT2D eigenvalue weighted by Gasteiger charge is 2.26. The molecule has 0 saturated heterocycles. The maximum absolute atomic E-state index is 12.4. The first-order valence-electron chi connectivity index (χ1n) is 9.46. The van der Waals surface area contributed by atoms with Crippen molar-refractivity contribution < 1.29 is 19.0 Å². The summed E-state index contributed by atoms with van der Waals surface area (Å²) in [4.78, 5) is 20.9. The Morgan fingerprint density at radius 2 is 2.07 bits per heavy atom. The summed E-state index contributed by atoms with van der Waals surface area (Å²) in [5.74, 6) is 2.16. The molecule has 0 fully saturated rings. The van der Waals surface area contributed by atoms with Gasteiger partial charge in [0.2, 0.25) is 12.7 Å². The molecule has 1 amide bonds. The number of hydrogen-bond acceptors (Lipinski definition) is 6. The zero-order chi connectivity index (χ0) is 19.6. The Hall–Kier alpha value is -3.61. The second-order valence-corrected chi connectivity index (χ2v) is 7.00. The third-order valence-electron chi connectivity index (χ3n) is 5.00. The van der Waals surface area contributed by atoms with E-state index in [1.54, 1.807) is 18.6 Å². The molecule has 29 heavy (non-hydrogen) atoms. The van der Waals surface area contributed by atoms with Gasteiger partial charge in [0.1, 0.15) is 11.9 Å². The van der Waals surface area contributed by atoms with Crippen LogP contribution in [0, 0.1) is 0 Å². The lowest BCUT2D eigenvalue weighted by Gasteiger charge is -2.13. The van der Waals surface area contributed by atoms with E-state index < -0.39 is 0 Å². The molecule has 3 aromatic rings. The lowest BCUT2D eigenvalue weighted by atomic mass is 10.0. The van der Waals surface area contributed by atoms with Crippen LogP contribution in [0.2, 0.25) is 0 Å². The van der Waals surface area contributed by atoms with Crippen LogP contribution >= 0.6 is 0 Å². The molecule has 3 heterocycles. The number of benzene rings is 2. The normalized spacial score (nSPS) is 16.2. The van der Waals surface area contributed by atoms with Gasteiger partial charge in [0.25, 0.3) is 0 Å². The number of ether oxygens (including phenoxy) is 3. The van der Waals surface area contributed by atoms with Crippen LogP contribution in [-0.4, -0.2) is 35.3 Å². The van der Waals surface area contributed by atoms with E-state index >= 15 is 0 Å². The highest BCUT2D eigenvalue weighted by atomic mass is 16.7. The van der Waals surface area contributed by atoms with Crippen LogP contribution in [0.3, 0.4) is 0 Å². The largest absolute Gasteiger partial charge is 0.487 e. The molecule has 5 rings (SSSR count). The number of carbonyl (C=O) groups is 1. The summed E-state index contributed by atoms with van der Waals surface area (Å²) in [7, 11) is 0. The molecule has 0 radical (unpaired) electrons. The fraction of sp³-hybridized carbons (Fsp3) is 0.227. The van der Waals surface area contributed by atoms with Crippen molar-refractivity contribution in [3.63, 3.8) is 0 Å². The third-order valence-corrected chi connectivity index (χ3v) is 5.00. The molecular formula is C22H19N3O4.